The standard InChI is InChI=1S/C19H30FNO/c1-6-8-9-10-16(5)21(19(22)14(3)7-2)17-11-12-18(20)15(4)13-17/h11-14,16H,6-10H2,1-5H3. The summed E-state index contributed by atoms with van der Waals surface area (Å²) in [4.78, 5) is 14.6. The Hall–Kier alpha value is -1.38. The van der Waals surface area contributed by atoms with E-state index in [2.05, 4.69) is 13.8 Å². The lowest BCUT2D eigenvalue weighted by atomic mass is 10.0. The van der Waals surface area contributed by atoms with Crippen molar-refractivity contribution in [2.45, 2.75) is 72.8 Å². The van der Waals surface area contributed by atoms with Crippen LogP contribution in [0.1, 0.15) is 65.4 Å². The topological polar surface area (TPSA) is 20.3 Å². The number of nitrogens with zero attached hydrogens (tertiary/aromatic N) is 1. The molecule has 0 saturated carbocycles. The maximum absolute atomic E-state index is 13.5. The van der Waals surface area contributed by atoms with Crippen molar-refractivity contribution in [3.05, 3.63) is 29.6 Å². The maximum atomic E-state index is 13.5. The summed E-state index contributed by atoms with van der Waals surface area (Å²) in [5.74, 6) is -0.102. The minimum Gasteiger partial charge on any atom is -0.309 e. The number of carbonyl (C=O) groups excluding carboxylic acids is 1. The Bertz CT molecular complexity index is 486. The molecule has 0 fully saturated rings. The first-order valence-corrected chi connectivity index (χ1v) is 8.51. The molecule has 3 heteroatoms. The first-order valence-electron chi connectivity index (χ1n) is 8.51. The fraction of sp³-hybridized carbons (Fsp3) is 0.632. The molecule has 1 amide bonds. The molecule has 124 valence electrons. The molecule has 0 N–H and O–H groups in total. The van der Waals surface area contributed by atoms with Gasteiger partial charge in [-0.05, 0) is 50.5 Å². The lowest BCUT2D eigenvalue weighted by molar-refractivity contribution is -0.122. The molecule has 0 heterocycles. The van der Waals surface area contributed by atoms with Gasteiger partial charge in [0.05, 0.1) is 0 Å². The molecule has 0 aliphatic carbocycles. The largest absolute Gasteiger partial charge is 0.309 e. The zero-order valence-corrected chi connectivity index (χ0v) is 14.7. The zero-order valence-electron chi connectivity index (χ0n) is 14.7. The lowest BCUT2D eigenvalue weighted by Gasteiger charge is -2.32. The van der Waals surface area contributed by atoms with Crippen molar-refractivity contribution >= 4 is 11.6 Å². The van der Waals surface area contributed by atoms with E-state index in [1.54, 1.807) is 19.1 Å². The molecular formula is C19H30FNO. The number of hydrogen-bond donors (Lipinski definition) is 0. The summed E-state index contributed by atoms with van der Waals surface area (Å²) in [6.07, 6.45) is 5.26. The highest BCUT2D eigenvalue weighted by Gasteiger charge is 2.25. The number of halogens is 1. The summed E-state index contributed by atoms with van der Waals surface area (Å²) in [6.45, 7) is 10.0. The van der Waals surface area contributed by atoms with Crippen LogP contribution in [-0.4, -0.2) is 11.9 Å². The van der Waals surface area contributed by atoms with E-state index in [0.29, 0.717) is 5.56 Å². The Morgan fingerprint density at radius 3 is 2.45 bits per heavy atom. The van der Waals surface area contributed by atoms with Crippen LogP contribution in [0, 0.1) is 18.7 Å². The van der Waals surface area contributed by atoms with Crippen LogP contribution in [0.5, 0.6) is 0 Å². The summed E-state index contributed by atoms with van der Waals surface area (Å²) < 4.78 is 13.5. The number of aryl methyl sites for hydroxylation is 1. The third kappa shape index (κ3) is 4.82. The monoisotopic (exact) mass is 307 g/mol. The molecule has 0 saturated heterocycles. The minimum atomic E-state index is -0.224. The number of unbranched alkanes of at least 4 members (excludes halogenated alkanes) is 2. The van der Waals surface area contributed by atoms with Gasteiger partial charge in [-0.2, -0.15) is 0 Å². The number of carbonyl (C=O) groups is 1. The fourth-order valence-corrected chi connectivity index (χ4v) is 2.61. The predicted molar refractivity (Wildman–Crippen MR) is 91.7 cm³/mol. The Morgan fingerprint density at radius 1 is 1.23 bits per heavy atom. The Morgan fingerprint density at radius 2 is 1.91 bits per heavy atom. The second kappa shape index (κ2) is 8.92. The van der Waals surface area contributed by atoms with Gasteiger partial charge in [-0.15, -0.1) is 0 Å². The molecule has 0 spiro atoms. The first-order chi connectivity index (χ1) is 10.4. The number of benzene rings is 1. The highest BCUT2D eigenvalue weighted by Crippen LogP contribution is 2.25. The summed E-state index contributed by atoms with van der Waals surface area (Å²) in [7, 11) is 0. The molecule has 2 atom stereocenters. The number of rotatable bonds is 8. The minimum absolute atomic E-state index is 0.0148. The van der Waals surface area contributed by atoms with Gasteiger partial charge in [0.25, 0.3) is 0 Å². The lowest BCUT2D eigenvalue weighted by Crippen LogP contribution is -2.41. The van der Waals surface area contributed by atoms with Crippen LogP contribution in [0.4, 0.5) is 10.1 Å². The molecule has 2 unspecified atom stereocenters. The van der Waals surface area contributed by atoms with Gasteiger partial charge in [-0.1, -0.05) is 40.0 Å². The molecule has 22 heavy (non-hydrogen) atoms. The van der Waals surface area contributed by atoms with Gasteiger partial charge in [-0.25, -0.2) is 4.39 Å². The first kappa shape index (κ1) is 18.7. The van der Waals surface area contributed by atoms with E-state index in [1.165, 1.54) is 18.9 Å². The van der Waals surface area contributed by atoms with E-state index in [0.717, 1.165) is 24.9 Å². The van der Waals surface area contributed by atoms with Crippen LogP contribution < -0.4 is 4.90 Å². The predicted octanol–water partition coefficient (Wildman–Crippen LogP) is 5.48. The van der Waals surface area contributed by atoms with Crippen molar-refractivity contribution in [2.75, 3.05) is 4.90 Å². The van der Waals surface area contributed by atoms with Crippen molar-refractivity contribution in [1.29, 1.82) is 0 Å². The van der Waals surface area contributed by atoms with Crippen LogP contribution in [0.25, 0.3) is 0 Å². The molecule has 0 aliphatic rings. The Kier molecular flexibility index (Phi) is 7.57. The number of anilines is 1. The van der Waals surface area contributed by atoms with Crippen molar-refractivity contribution in [3.63, 3.8) is 0 Å². The van der Waals surface area contributed by atoms with Crippen LogP contribution >= 0.6 is 0 Å². The van der Waals surface area contributed by atoms with Crippen molar-refractivity contribution in [3.8, 4) is 0 Å². The van der Waals surface area contributed by atoms with Gasteiger partial charge >= 0.3 is 0 Å². The summed E-state index contributed by atoms with van der Waals surface area (Å²) in [5.41, 5.74) is 1.40. The smallest absolute Gasteiger partial charge is 0.230 e. The number of hydrogen-bond acceptors (Lipinski definition) is 1. The van der Waals surface area contributed by atoms with E-state index >= 15 is 0 Å². The van der Waals surface area contributed by atoms with Crippen LogP contribution in [0.3, 0.4) is 0 Å². The maximum Gasteiger partial charge on any atom is 0.230 e. The van der Waals surface area contributed by atoms with Gasteiger partial charge in [0, 0.05) is 17.6 Å². The summed E-state index contributed by atoms with van der Waals surface area (Å²) >= 11 is 0. The van der Waals surface area contributed by atoms with Crippen molar-refractivity contribution in [2.24, 2.45) is 5.92 Å². The molecule has 0 bridgehead atoms. The van der Waals surface area contributed by atoms with Crippen LogP contribution in [0.15, 0.2) is 18.2 Å². The van der Waals surface area contributed by atoms with Crippen molar-refractivity contribution in [1.82, 2.24) is 0 Å². The van der Waals surface area contributed by atoms with E-state index in [9.17, 15) is 9.18 Å². The van der Waals surface area contributed by atoms with Gasteiger partial charge in [0.1, 0.15) is 5.82 Å². The molecule has 0 aromatic heterocycles. The highest BCUT2D eigenvalue weighted by atomic mass is 19.1. The molecular weight excluding hydrogens is 277 g/mol. The molecule has 2 nitrogen and oxygen atoms in total. The van der Waals surface area contributed by atoms with Crippen LogP contribution in [0.2, 0.25) is 0 Å². The Balaban J connectivity index is 3.04. The molecule has 1 aromatic rings. The highest BCUT2D eigenvalue weighted by molar-refractivity contribution is 5.95. The molecule has 1 aromatic carbocycles. The van der Waals surface area contributed by atoms with E-state index in [1.807, 2.05) is 18.7 Å². The zero-order chi connectivity index (χ0) is 16.7. The SMILES string of the molecule is CCCCCC(C)N(C(=O)C(C)CC)c1ccc(F)c(C)c1. The average Bonchev–Trinajstić information content (AvgIpc) is 2.50. The fourth-order valence-electron chi connectivity index (χ4n) is 2.61. The average molecular weight is 307 g/mol. The van der Waals surface area contributed by atoms with Crippen molar-refractivity contribution < 1.29 is 9.18 Å². The second-order valence-electron chi connectivity index (χ2n) is 6.30. The molecule has 0 aliphatic heterocycles. The van der Waals surface area contributed by atoms with Gasteiger partial charge in [0.2, 0.25) is 5.91 Å². The Labute approximate surface area is 134 Å². The second-order valence-corrected chi connectivity index (χ2v) is 6.30. The van der Waals surface area contributed by atoms with E-state index < -0.39 is 0 Å². The summed E-state index contributed by atoms with van der Waals surface area (Å²) in [5, 5.41) is 0. The normalized spacial score (nSPS) is 13.7. The number of amides is 1. The van der Waals surface area contributed by atoms with E-state index in [-0.39, 0.29) is 23.7 Å². The van der Waals surface area contributed by atoms with E-state index in [4.69, 9.17) is 0 Å². The summed E-state index contributed by atoms with van der Waals surface area (Å²) in [6, 6.07) is 5.10. The molecule has 0 radical (unpaired) electrons. The third-order valence-electron chi connectivity index (χ3n) is 4.36. The van der Waals surface area contributed by atoms with Gasteiger partial charge in [0.15, 0.2) is 0 Å². The quantitative estimate of drug-likeness (QED) is 0.582. The van der Waals surface area contributed by atoms with Gasteiger partial charge in [-0.3, -0.25) is 4.79 Å². The van der Waals surface area contributed by atoms with Crippen LogP contribution in [-0.2, 0) is 4.79 Å². The third-order valence-corrected chi connectivity index (χ3v) is 4.36. The molecule has 1 rings (SSSR count). The van der Waals surface area contributed by atoms with Gasteiger partial charge < -0.3 is 4.90 Å².